The van der Waals surface area contributed by atoms with Crippen molar-refractivity contribution in [1.29, 1.82) is 0 Å². The van der Waals surface area contributed by atoms with Gasteiger partial charge in [-0.3, -0.25) is 9.69 Å². The maximum atomic E-state index is 12.0. The summed E-state index contributed by atoms with van der Waals surface area (Å²) in [6.45, 7) is 11.8. The van der Waals surface area contributed by atoms with Gasteiger partial charge in [0.25, 0.3) is 0 Å². The standard InChI is InChI=1S/C12H21NO/c1-5-12(4,11(14)10(2)3)13-8-6-7-9-13/h2,5-9H2,1,3-4H3. The summed E-state index contributed by atoms with van der Waals surface area (Å²) in [5.74, 6) is 0.210. The molecular weight excluding hydrogens is 174 g/mol. The fraction of sp³-hybridized carbons (Fsp3) is 0.750. The van der Waals surface area contributed by atoms with Crippen LogP contribution in [0.15, 0.2) is 12.2 Å². The molecule has 2 heteroatoms. The van der Waals surface area contributed by atoms with Crippen molar-refractivity contribution in [3.63, 3.8) is 0 Å². The number of carbonyl (C=O) groups is 1. The molecule has 0 aromatic heterocycles. The zero-order valence-corrected chi connectivity index (χ0v) is 9.60. The maximum Gasteiger partial charge on any atom is 0.177 e. The summed E-state index contributed by atoms with van der Waals surface area (Å²) in [6.07, 6.45) is 3.32. The van der Waals surface area contributed by atoms with E-state index in [1.807, 2.05) is 6.92 Å². The molecule has 0 aromatic rings. The Morgan fingerprint density at radius 2 is 1.93 bits per heavy atom. The highest BCUT2D eigenvalue weighted by atomic mass is 16.1. The smallest absolute Gasteiger partial charge is 0.177 e. The first kappa shape index (κ1) is 11.4. The van der Waals surface area contributed by atoms with Crippen molar-refractivity contribution in [2.24, 2.45) is 0 Å². The van der Waals surface area contributed by atoms with Gasteiger partial charge in [-0.2, -0.15) is 0 Å². The first-order valence-electron chi connectivity index (χ1n) is 5.47. The third-order valence-electron chi connectivity index (χ3n) is 3.37. The Balaban J connectivity index is 2.83. The molecule has 1 aliphatic heterocycles. The fourth-order valence-electron chi connectivity index (χ4n) is 2.20. The van der Waals surface area contributed by atoms with Gasteiger partial charge >= 0.3 is 0 Å². The Kier molecular flexibility index (Phi) is 3.48. The van der Waals surface area contributed by atoms with E-state index in [2.05, 4.69) is 25.3 Å². The number of carbonyl (C=O) groups excluding carboxylic acids is 1. The third kappa shape index (κ3) is 1.90. The first-order valence-corrected chi connectivity index (χ1v) is 5.47. The van der Waals surface area contributed by atoms with Crippen molar-refractivity contribution in [2.45, 2.75) is 45.6 Å². The normalized spacial score (nSPS) is 21.9. The number of Topliss-reactive ketones (excluding diaryl/α,β-unsaturated/α-hetero) is 1. The van der Waals surface area contributed by atoms with Gasteiger partial charge in [-0.05, 0) is 51.8 Å². The summed E-state index contributed by atoms with van der Waals surface area (Å²) < 4.78 is 0. The molecule has 0 aromatic carbocycles. The zero-order chi connectivity index (χ0) is 10.8. The number of hydrogen-bond acceptors (Lipinski definition) is 2. The molecule has 0 aliphatic carbocycles. The Labute approximate surface area is 87.0 Å². The molecule has 0 saturated carbocycles. The van der Waals surface area contributed by atoms with Crippen molar-refractivity contribution in [3.8, 4) is 0 Å². The monoisotopic (exact) mass is 195 g/mol. The molecular formula is C12H21NO. The molecule has 0 N–H and O–H groups in total. The SMILES string of the molecule is C=C(C)C(=O)C(C)(CC)N1CCCC1. The average Bonchev–Trinajstić information content (AvgIpc) is 2.68. The second-order valence-electron chi connectivity index (χ2n) is 4.43. The van der Waals surface area contributed by atoms with Gasteiger partial charge in [0.15, 0.2) is 5.78 Å². The van der Waals surface area contributed by atoms with E-state index >= 15 is 0 Å². The van der Waals surface area contributed by atoms with Crippen LogP contribution in [0.5, 0.6) is 0 Å². The predicted molar refractivity (Wildman–Crippen MR) is 59.3 cm³/mol. The lowest BCUT2D eigenvalue weighted by atomic mass is 9.88. The van der Waals surface area contributed by atoms with Gasteiger partial charge in [-0.1, -0.05) is 13.5 Å². The molecule has 14 heavy (non-hydrogen) atoms. The van der Waals surface area contributed by atoms with Crippen LogP contribution in [0, 0.1) is 0 Å². The summed E-state index contributed by atoms with van der Waals surface area (Å²) in [4.78, 5) is 14.4. The van der Waals surface area contributed by atoms with E-state index in [-0.39, 0.29) is 11.3 Å². The Bertz CT molecular complexity index is 241. The van der Waals surface area contributed by atoms with E-state index in [1.54, 1.807) is 0 Å². The minimum Gasteiger partial charge on any atom is -0.292 e. The van der Waals surface area contributed by atoms with Crippen LogP contribution in [0.3, 0.4) is 0 Å². The Morgan fingerprint density at radius 1 is 1.43 bits per heavy atom. The van der Waals surface area contributed by atoms with Gasteiger partial charge in [0.1, 0.15) is 0 Å². The summed E-state index contributed by atoms with van der Waals surface area (Å²) >= 11 is 0. The maximum absolute atomic E-state index is 12.0. The van der Waals surface area contributed by atoms with E-state index in [1.165, 1.54) is 12.8 Å². The van der Waals surface area contributed by atoms with E-state index in [4.69, 9.17) is 0 Å². The molecule has 80 valence electrons. The summed E-state index contributed by atoms with van der Waals surface area (Å²) in [7, 11) is 0. The summed E-state index contributed by atoms with van der Waals surface area (Å²) in [6, 6.07) is 0. The van der Waals surface area contributed by atoms with Gasteiger partial charge in [0.2, 0.25) is 0 Å². The lowest BCUT2D eigenvalue weighted by Crippen LogP contribution is -2.50. The Hall–Kier alpha value is -0.630. The molecule has 1 unspecified atom stereocenters. The van der Waals surface area contributed by atoms with Gasteiger partial charge < -0.3 is 0 Å². The minimum absolute atomic E-state index is 0.210. The van der Waals surface area contributed by atoms with Crippen LogP contribution in [-0.2, 0) is 4.79 Å². The number of ketones is 1. The lowest BCUT2D eigenvalue weighted by molar-refractivity contribution is -0.126. The van der Waals surface area contributed by atoms with Gasteiger partial charge in [-0.25, -0.2) is 0 Å². The Morgan fingerprint density at radius 3 is 2.29 bits per heavy atom. The molecule has 0 radical (unpaired) electrons. The van der Waals surface area contributed by atoms with E-state index < -0.39 is 0 Å². The van der Waals surface area contributed by atoms with E-state index in [9.17, 15) is 4.79 Å². The number of rotatable bonds is 4. The van der Waals surface area contributed by atoms with Crippen molar-refractivity contribution >= 4 is 5.78 Å². The molecule has 1 heterocycles. The van der Waals surface area contributed by atoms with Crippen molar-refractivity contribution in [1.82, 2.24) is 4.90 Å². The quantitative estimate of drug-likeness (QED) is 0.642. The highest BCUT2D eigenvalue weighted by molar-refractivity contribution is 6.01. The number of nitrogens with zero attached hydrogens (tertiary/aromatic N) is 1. The van der Waals surface area contributed by atoms with Crippen molar-refractivity contribution in [3.05, 3.63) is 12.2 Å². The zero-order valence-electron chi connectivity index (χ0n) is 9.60. The molecule has 1 fully saturated rings. The highest BCUT2D eigenvalue weighted by Gasteiger charge is 2.38. The van der Waals surface area contributed by atoms with Crippen LogP contribution in [-0.4, -0.2) is 29.3 Å². The average molecular weight is 195 g/mol. The molecule has 1 rings (SSSR count). The molecule has 1 saturated heterocycles. The second-order valence-corrected chi connectivity index (χ2v) is 4.43. The molecule has 1 aliphatic rings. The second kappa shape index (κ2) is 4.26. The molecule has 1 atom stereocenters. The van der Waals surface area contributed by atoms with Crippen LogP contribution in [0.25, 0.3) is 0 Å². The van der Waals surface area contributed by atoms with Crippen molar-refractivity contribution < 1.29 is 4.79 Å². The van der Waals surface area contributed by atoms with Crippen LogP contribution < -0.4 is 0 Å². The van der Waals surface area contributed by atoms with Gasteiger partial charge in [0, 0.05) is 0 Å². The lowest BCUT2D eigenvalue weighted by Gasteiger charge is -2.36. The number of hydrogen-bond donors (Lipinski definition) is 0. The largest absolute Gasteiger partial charge is 0.292 e. The van der Waals surface area contributed by atoms with Crippen LogP contribution in [0.4, 0.5) is 0 Å². The molecule has 0 bridgehead atoms. The van der Waals surface area contributed by atoms with Gasteiger partial charge in [-0.15, -0.1) is 0 Å². The molecule has 2 nitrogen and oxygen atoms in total. The summed E-state index contributed by atoms with van der Waals surface area (Å²) in [5.41, 5.74) is 0.378. The minimum atomic E-state index is -0.303. The summed E-state index contributed by atoms with van der Waals surface area (Å²) in [5, 5.41) is 0. The van der Waals surface area contributed by atoms with Crippen molar-refractivity contribution in [2.75, 3.05) is 13.1 Å². The van der Waals surface area contributed by atoms with Crippen LogP contribution >= 0.6 is 0 Å². The number of likely N-dealkylation sites (tertiary alicyclic amines) is 1. The van der Waals surface area contributed by atoms with Crippen LogP contribution in [0.2, 0.25) is 0 Å². The topological polar surface area (TPSA) is 20.3 Å². The first-order chi connectivity index (χ1) is 6.52. The predicted octanol–water partition coefficient (Wildman–Crippen LogP) is 2.40. The highest BCUT2D eigenvalue weighted by Crippen LogP contribution is 2.27. The molecule has 0 amide bonds. The van der Waals surface area contributed by atoms with Crippen LogP contribution in [0.1, 0.15) is 40.0 Å². The third-order valence-corrected chi connectivity index (χ3v) is 3.37. The fourth-order valence-corrected chi connectivity index (χ4v) is 2.20. The van der Waals surface area contributed by atoms with E-state index in [0.29, 0.717) is 5.57 Å². The van der Waals surface area contributed by atoms with Gasteiger partial charge in [0.05, 0.1) is 5.54 Å². The molecule has 0 spiro atoms. The van der Waals surface area contributed by atoms with E-state index in [0.717, 1.165) is 19.5 Å².